The van der Waals surface area contributed by atoms with Crippen LogP contribution in [-0.2, 0) is 4.74 Å². The average molecular weight is 362 g/mol. The number of benzene rings is 1. The lowest BCUT2D eigenvalue weighted by Gasteiger charge is -2.10. The van der Waals surface area contributed by atoms with Gasteiger partial charge >= 0.3 is 5.97 Å². The van der Waals surface area contributed by atoms with Crippen LogP contribution in [0.5, 0.6) is 0 Å². The number of carbonyl (C=O) groups excluding carboxylic acids is 1. The van der Waals surface area contributed by atoms with Crippen molar-refractivity contribution >= 4 is 22.5 Å². The molecule has 0 amide bonds. The molecular formula is C20H18N4O3. The van der Waals surface area contributed by atoms with Crippen molar-refractivity contribution in [2.75, 3.05) is 6.61 Å². The van der Waals surface area contributed by atoms with Crippen LogP contribution in [0, 0.1) is 13.8 Å². The Bertz CT molecular complexity index is 1250. The van der Waals surface area contributed by atoms with E-state index >= 15 is 0 Å². The van der Waals surface area contributed by atoms with Gasteiger partial charge in [-0.15, -0.1) is 0 Å². The van der Waals surface area contributed by atoms with Gasteiger partial charge in [-0.25, -0.2) is 14.3 Å². The van der Waals surface area contributed by atoms with Crippen molar-refractivity contribution in [1.29, 1.82) is 0 Å². The lowest BCUT2D eigenvalue weighted by molar-refractivity contribution is 0.0527. The average Bonchev–Trinajstić information content (AvgIpc) is 2.99. The molecule has 0 bridgehead atoms. The van der Waals surface area contributed by atoms with E-state index in [1.165, 1.54) is 10.7 Å². The standard InChI is InChI=1S/C20H18N4O3/c1-4-27-20(26)17-13(3)22-24-16-9-10-23(15-8-6-5-7-12(15)2)19(25)14(16)11-21-18(17)24/h5-11H,4H2,1-3H3. The molecule has 136 valence electrons. The molecule has 0 fully saturated rings. The monoisotopic (exact) mass is 362 g/mol. The van der Waals surface area contributed by atoms with Gasteiger partial charge in [0.1, 0.15) is 5.56 Å². The molecule has 0 saturated heterocycles. The summed E-state index contributed by atoms with van der Waals surface area (Å²) in [4.78, 5) is 29.6. The molecule has 7 nitrogen and oxygen atoms in total. The number of aromatic nitrogens is 4. The first-order valence-electron chi connectivity index (χ1n) is 8.65. The number of pyridine rings is 1. The van der Waals surface area contributed by atoms with Crippen LogP contribution in [0.15, 0.2) is 47.5 Å². The molecule has 4 aromatic rings. The Morgan fingerprint density at radius 3 is 2.70 bits per heavy atom. The smallest absolute Gasteiger partial charge is 0.343 e. The molecule has 0 N–H and O–H groups in total. The molecule has 0 atom stereocenters. The van der Waals surface area contributed by atoms with Gasteiger partial charge in [-0.2, -0.15) is 5.10 Å². The summed E-state index contributed by atoms with van der Waals surface area (Å²) < 4.78 is 8.22. The Balaban J connectivity index is 1.99. The number of para-hydroxylation sites is 1. The summed E-state index contributed by atoms with van der Waals surface area (Å²) in [5.74, 6) is -0.467. The predicted molar refractivity (Wildman–Crippen MR) is 102 cm³/mol. The highest BCUT2D eigenvalue weighted by atomic mass is 16.5. The number of ether oxygens (including phenoxy) is 1. The van der Waals surface area contributed by atoms with E-state index in [9.17, 15) is 9.59 Å². The Kier molecular flexibility index (Phi) is 3.99. The van der Waals surface area contributed by atoms with Crippen molar-refractivity contribution in [1.82, 2.24) is 19.2 Å². The van der Waals surface area contributed by atoms with Crippen molar-refractivity contribution in [3.05, 3.63) is 69.9 Å². The number of hydrogen-bond acceptors (Lipinski definition) is 5. The van der Waals surface area contributed by atoms with Crippen molar-refractivity contribution in [3.8, 4) is 5.69 Å². The fraction of sp³-hybridized carbons (Fsp3) is 0.200. The van der Waals surface area contributed by atoms with E-state index < -0.39 is 5.97 Å². The summed E-state index contributed by atoms with van der Waals surface area (Å²) in [5, 5.41) is 4.83. The van der Waals surface area contributed by atoms with Crippen LogP contribution in [0.25, 0.3) is 22.2 Å². The second-order valence-electron chi connectivity index (χ2n) is 6.25. The topological polar surface area (TPSA) is 78.5 Å². The number of hydrogen-bond donors (Lipinski definition) is 0. The molecule has 0 saturated carbocycles. The van der Waals surface area contributed by atoms with Crippen molar-refractivity contribution in [2.45, 2.75) is 20.8 Å². The normalized spacial score (nSPS) is 11.2. The molecule has 0 radical (unpaired) electrons. The van der Waals surface area contributed by atoms with Crippen molar-refractivity contribution < 1.29 is 9.53 Å². The Morgan fingerprint density at radius 2 is 1.96 bits per heavy atom. The van der Waals surface area contributed by atoms with Crippen LogP contribution in [-0.4, -0.2) is 31.7 Å². The zero-order valence-corrected chi connectivity index (χ0v) is 15.3. The van der Waals surface area contributed by atoms with E-state index in [0.29, 0.717) is 27.8 Å². The first-order chi connectivity index (χ1) is 13.0. The number of esters is 1. The molecule has 3 aromatic heterocycles. The molecule has 3 heterocycles. The minimum atomic E-state index is -0.467. The third kappa shape index (κ3) is 2.59. The van der Waals surface area contributed by atoms with Gasteiger partial charge in [0, 0.05) is 12.4 Å². The Hall–Kier alpha value is -3.48. The van der Waals surface area contributed by atoms with Gasteiger partial charge in [0.2, 0.25) is 0 Å². The molecule has 0 aliphatic carbocycles. The molecule has 7 heteroatoms. The van der Waals surface area contributed by atoms with Crippen molar-refractivity contribution in [3.63, 3.8) is 0 Å². The summed E-state index contributed by atoms with van der Waals surface area (Å²) in [6.45, 7) is 5.69. The van der Waals surface area contributed by atoms with Gasteiger partial charge in [0.25, 0.3) is 5.56 Å². The largest absolute Gasteiger partial charge is 0.462 e. The van der Waals surface area contributed by atoms with Gasteiger partial charge in [-0.3, -0.25) is 9.36 Å². The highest BCUT2D eigenvalue weighted by Crippen LogP contribution is 2.20. The summed E-state index contributed by atoms with van der Waals surface area (Å²) in [6.07, 6.45) is 3.21. The summed E-state index contributed by atoms with van der Waals surface area (Å²) in [7, 11) is 0. The number of fused-ring (bicyclic) bond motifs is 3. The number of carbonyl (C=O) groups is 1. The van der Waals surface area contributed by atoms with Gasteiger partial charge in [-0.05, 0) is 38.5 Å². The third-order valence-corrected chi connectivity index (χ3v) is 4.54. The van der Waals surface area contributed by atoms with Crippen LogP contribution in [0.2, 0.25) is 0 Å². The maximum atomic E-state index is 13.0. The van der Waals surface area contributed by atoms with Crippen LogP contribution in [0.1, 0.15) is 28.5 Å². The fourth-order valence-electron chi connectivity index (χ4n) is 3.24. The molecular weight excluding hydrogens is 344 g/mol. The molecule has 27 heavy (non-hydrogen) atoms. The molecule has 4 rings (SSSR count). The molecule has 1 aromatic carbocycles. The lowest BCUT2D eigenvalue weighted by atomic mass is 10.2. The van der Waals surface area contributed by atoms with E-state index in [4.69, 9.17) is 4.74 Å². The zero-order chi connectivity index (χ0) is 19.1. The van der Waals surface area contributed by atoms with E-state index in [1.807, 2.05) is 31.2 Å². The lowest BCUT2D eigenvalue weighted by Crippen LogP contribution is -2.19. The SMILES string of the molecule is CCOC(=O)c1c(C)nn2c1ncc1c(=O)n(-c3ccccc3C)ccc12. The van der Waals surface area contributed by atoms with Gasteiger partial charge in [0.15, 0.2) is 5.65 Å². The molecule has 0 aliphatic heterocycles. The number of aryl methyl sites for hydroxylation is 2. The summed E-state index contributed by atoms with van der Waals surface area (Å²) in [5.41, 5.74) is 3.42. The summed E-state index contributed by atoms with van der Waals surface area (Å²) in [6, 6.07) is 9.48. The Morgan fingerprint density at radius 1 is 1.19 bits per heavy atom. The van der Waals surface area contributed by atoms with Gasteiger partial charge < -0.3 is 4.74 Å². The van der Waals surface area contributed by atoms with E-state index in [2.05, 4.69) is 10.1 Å². The van der Waals surface area contributed by atoms with Gasteiger partial charge in [-0.1, -0.05) is 18.2 Å². The highest BCUT2D eigenvalue weighted by Gasteiger charge is 2.21. The van der Waals surface area contributed by atoms with Crippen LogP contribution in [0.4, 0.5) is 0 Å². The quantitative estimate of drug-likeness (QED) is 0.524. The zero-order valence-electron chi connectivity index (χ0n) is 15.3. The van der Waals surface area contributed by atoms with Crippen molar-refractivity contribution in [2.24, 2.45) is 0 Å². The molecule has 0 spiro atoms. The van der Waals surface area contributed by atoms with Crippen LogP contribution < -0.4 is 5.56 Å². The number of rotatable bonds is 3. The van der Waals surface area contributed by atoms with Crippen LogP contribution in [0.3, 0.4) is 0 Å². The molecule has 0 unspecified atom stereocenters. The van der Waals surface area contributed by atoms with E-state index in [1.54, 1.807) is 30.7 Å². The van der Waals surface area contributed by atoms with Gasteiger partial charge in [0.05, 0.1) is 28.9 Å². The summed E-state index contributed by atoms with van der Waals surface area (Å²) >= 11 is 0. The maximum absolute atomic E-state index is 13.0. The first-order valence-corrected chi connectivity index (χ1v) is 8.65. The minimum absolute atomic E-state index is 0.193. The predicted octanol–water partition coefficient (Wildman–Crippen LogP) is 2.83. The number of nitrogens with zero attached hydrogens (tertiary/aromatic N) is 4. The first kappa shape index (κ1) is 17.0. The third-order valence-electron chi connectivity index (χ3n) is 4.54. The second-order valence-corrected chi connectivity index (χ2v) is 6.25. The van der Waals surface area contributed by atoms with Crippen LogP contribution >= 0.6 is 0 Å². The van der Waals surface area contributed by atoms with E-state index in [-0.39, 0.29) is 12.2 Å². The fourth-order valence-corrected chi connectivity index (χ4v) is 3.24. The molecule has 0 aliphatic rings. The maximum Gasteiger partial charge on any atom is 0.343 e. The second kappa shape index (κ2) is 6.35. The Labute approximate surface area is 154 Å². The van der Waals surface area contributed by atoms with E-state index in [0.717, 1.165) is 11.3 Å². The minimum Gasteiger partial charge on any atom is -0.462 e. The highest BCUT2D eigenvalue weighted by molar-refractivity contribution is 5.98.